The van der Waals surface area contributed by atoms with Gasteiger partial charge in [0.1, 0.15) is 0 Å². The minimum atomic E-state index is 0.131. The van der Waals surface area contributed by atoms with E-state index >= 15 is 0 Å². The predicted molar refractivity (Wildman–Crippen MR) is 117 cm³/mol. The van der Waals surface area contributed by atoms with Crippen LogP contribution in [0.3, 0.4) is 0 Å². The molecule has 2 aromatic rings. The van der Waals surface area contributed by atoms with Crippen LogP contribution < -0.4 is 4.90 Å². The van der Waals surface area contributed by atoms with E-state index in [0.717, 1.165) is 25.1 Å². The Morgan fingerprint density at radius 2 is 1.38 bits per heavy atom. The molecular formula is C24H31N3O2. The number of anilines is 1. The highest BCUT2D eigenvalue weighted by Gasteiger charge is 2.24. The molecule has 0 atom stereocenters. The van der Waals surface area contributed by atoms with Gasteiger partial charge < -0.3 is 14.7 Å². The molecule has 0 saturated carbocycles. The van der Waals surface area contributed by atoms with Crippen molar-refractivity contribution >= 4 is 17.5 Å². The minimum Gasteiger partial charge on any atom is -0.362 e. The lowest BCUT2D eigenvalue weighted by atomic mass is 10.1. The van der Waals surface area contributed by atoms with Crippen LogP contribution in [-0.2, 0) is 16.0 Å². The van der Waals surface area contributed by atoms with Crippen LogP contribution in [0, 0.1) is 0 Å². The Bertz CT molecular complexity index is 771. The summed E-state index contributed by atoms with van der Waals surface area (Å²) in [6.45, 7) is 5.74. The number of hydrogen-bond donors (Lipinski definition) is 0. The molecule has 154 valence electrons. The first-order chi connectivity index (χ1) is 14.2. The number of para-hydroxylation sites is 1. The highest BCUT2D eigenvalue weighted by molar-refractivity contribution is 5.82. The molecule has 0 spiro atoms. The maximum Gasteiger partial charge on any atom is 0.242 e. The fourth-order valence-corrected chi connectivity index (χ4v) is 3.74. The molecule has 2 aromatic carbocycles. The Morgan fingerprint density at radius 3 is 1.97 bits per heavy atom. The molecule has 29 heavy (non-hydrogen) atoms. The molecule has 0 unspecified atom stereocenters. The van der Waals surface area contributed by atoms with E-state index in [1.165, 1.54) is 5.56 Å². The number of likely N-dealkylation sites (N-methyl/N-ethyl adjacent to an activating group) is 1. The fraction of sp³-hybridized carbons (Fsp3) is 0.417. The van der Waals surface area contributed by atoms with Gasteiger partial charge in [0.2, 0.25) is 11.8 Å². The van der Waals surface area contributed by atoms with Crippen molar-refractivity contribution in [1.82, 2.24) is 9.80 Å². The molecule has 2 amide bonds. The number of piperazine rings is 1. The zero-order valence-electron chi connectivity index (χ0n) is 17.3. The molecule has 1 fully saturated rings. The maximum atomic E-state index is 12.7. The summed E-state index contributed by atoms with van der Waals surface area (Å²) >= 11 is 0. The number of carbonyl (C=O) groups excluding carboxylic acids is 2. The number of rotatable bonds is 8. The highest BCUT2D eigenvalue weighted by Crippen LogP contribution is 2.14. The van der Waals surface area contributed by atoms with Gasteiger partial charge in [0.05, 0.1) is 6.54 Å². The minimum absolute atomic E-state index is 0.131. The Morgan fingerprint density at radius 1 is 0.828 bits per heavy atom. The molecule has 3 rings (SSSR count). The predicted octanol–water partition coefficient (Wildman–Crippen LogP) is 3.21. The molecule has 0 bridgehead atoms. The summed E-state index contributed by atoms with van der Waals surface area (Å²) in [7, 11) is 0. The summed E-state index contributed by atoms with van der Waals surface area (Å²) in [5.74, 6) is 0.333. The van der Waals surface area contributed by atoms with Crippen LogP contribution in [0.2, 0.25) is 0 Å². The van der Waals surface area contributed by atoms with Crippen molar-refractivity contribution in [2.24, 2.45) is 0 Å². The molecule has 5 nitrogen and oxygen atoms in total. The van der Waals surface area contributed by atoms with E-state index in [9.17, 15) is 9.59 Å². The van der Waals surface area contributed by atoms with Crippen LogP contribution >= 0.6 is 0 Å². The van der Waals surface area contributed by atoms with Gasteiger partial charge in [-0.3, -0.25) is 9.59 Å². The van der Waals surface area contributed by atoms with Crippen molar-refractivity contribution in [3.05, 3.63) is 66.2 Å². The molecule has 0 N–H and O–H groups in total. The normalized spacial score (nSPS) is 14.0. The lowest BCUT2D eigenvalue weighted by Gasteiger charge is -2.36. The fourth-order valence-electron chi connectivity index (χ4n) is 3.74. The number of hydrogen-bond acceptors (Lipinski definition) is 3. The summed E-state index contributed by atoms with van der Waals surface area (Å²) in [5.41, 5.74) is 2.34. The number of nitrogens with zero attached hydrogens (tertiary/aromatic N) is 3. The number of amides is 2. The van der Waals surface area contributed by atoms with Crippen LogP contribution in [0.5, 0.6) is 0 Å². The average Bonchev–Trinajstić information content (AvgIpc) is 2.78. The van der Waals surface area contributed by atoms with Gasteiger partial charge in [0.25, 0.3) is 0 Å². The first-order valence-electron chi connectivity index (χ1n) is 10.6. The van der Waals surface area contributed by atoms with E-state index in [4.69, 9.17) is 0 Å². The standard InChI is InChI=1S/C24H31N3O2/c1-2-25(22-13-7-4-8-14-22)20-24(29)27-18-16-26(17-19-27)23(28)15-9-12-21-10-5-3-6-11-21/h3-8,10-11,13-14H,2,9,12,15-20H2,1H3. The Balaban J connectivity index is 1.41. The molecular weight excluding hydrogens is 362 g/mol. The second-order valence-corrected chi connectivity index (χ2v) is 7.45. The molecule has 1 aliphatic rings. The van der Waals surface area contributed by atoms with Crippen molar-refractivity contribution in [3.8, 4) is 0 Å². The van der Waals surface area contributed by atoms with Crippen molar-refractivity contribution in [3.63, 3.8) is 0 Å². The number of benzene rings is 2. The third-order valence-electron chi connectivity index (χ3n) is 5.51. The molecule has 0 aromatic heterocycles. The first-order valence-corrected chi connectivity index (χ1v) is 10.6. The van der Waals surface area contributed by atoms with Crippen molar-refractivity contribution in [1.29, 1.82) is 0 Å². The highest BCUT2D eigenvalue weighted by atomic mass is 16.2. The lowest BCUT2D eigenvalue weighted by Crippen LogP contribution is -2.52. The average molecular weight is 394 g/mol. The zero-order valence-corrected chi connectivity index (χ0v) is 17.3. The van der Waals surface area contributed by atoms with Crippen molar-refractivity contribution < 1.29 is 9.59 Å². The van der Waals surface area contributed by atoms with Crippen molar-refractivity contribution in [2.45, 2.75) is 26.2 Å². The number of carbonyl (C=O) groups is 2. The van der Waals surface area contributed by atoms with Crippen molar-refractivity contribution in [2.75, 3.05) is 44.2 Å². The van der Waals surface area contributed by atoms with Gasteiger partial charge in [-0.25, -0.2) is 0 Å². The van der Waals surface area contributed by atoms with E-state index in [1.807, 2.05) is 58.3 Å². The Kier molecular flexibility index (Phi) is 7.68. The summed E-state index contributed by atoms with van der Waals surface area (Å²) < 4.78 is 0. The molecule has 1 saturated heterocycles. The smallest absolute Gasteiger partial charge is 0.242 e. The van der Waals surface area contributed by atoms with Crippen LogP contribution in [0.4, 0.5) is 5.69 Å². The van der Waals surface area contributed by atoms with Gasteiger partial charge in [-0.05, 0) is 37.5 Å². The van der Waals surface area contributed by atoms with E-state index in [-0.39, 0.29) is 11.8 Å². The Hall–Kier alpha value is -2.82. The largest absolute Gasteiger partial charge is 0.362 e. The van der Waals surface area contributed by atoms with Gasteiger partial charge >= 0.3 is 0 Å². The molecule has 0 aliphatic carbocycles. The second-order valence-electron chi connectivity index (χ2n) is 7.45. The van der Waals surface area contributed by atoms with Gasteiger partial charge in [-0.1, -0.05) is 48.5 Å². The first kappa shape index (κ1) is 20.9. The summed E-state index contributed by atoms with van der Waals surface area (Å²) in [5, 5.41) is 0. The summed E-state index contributed by atoms with van der Waals surface area (Å²) in [6.07, 6.45) is 2.36. The van der Waals surface area contributed by atoms with Gasteiger partial charge in [0.15, 0.2) is 0 Å². The van der Waals surface area contributed by atoms with Crippen LogP contribution in [0.15, 0.2) is 60.7 Å². The molecule has 5 heteroatoms. The quantitative estimate of drug-likeness (QED) is 0.692. The number of aryl methyl sites for hydroxylation is 1. The molecule has 1 aliphatic heterocycles. The monoisotopic (exact) mass is 393 g/mol. The summed E-state index contributed by atoms with van der Waals surface area (Å²) in [4.78, 5) is 31.1. The van der Waals surface area contributed by atoms with E-state index in [2.05, 4.69) is 24.0 Å². The van der Waals surface area contributed by atoms with Gasteiger partial charge in [0, 0.05) is 44.8 Å². The molecule has 1 heterocycles. The SMILES string of the molecule is CCN(CC(=O)N1CCN(C(=O)CCCc2ccccc2)CC1)c1ccccc1. The van der Waals surface area contributed by atoms with E-state index in [0.29, 0.717) is 39.1 Å². The maximum absolute atomic E-state index is 12.7. The van der Waals surface area contributed by atoms with Gasteiger partial charge in [-0.15, -0.1) is 0 Å². The Labute approximate surface area is 173 Å². The van der Waals surface area contributed by atoms with Crippen LogP contribution in [-0.4, -0.2) is 60.9 Å². The zero-order chi connectivity index (χ0) is 20.5. The van der Waals surface area contributed by atoms with E-state index in [1.54, 1.807) is 0 Å². The third kappa shape index (κ3) is 6.08. The molecule has 0 radical (unpaired) electrons. The van der Waals surface area contributed by atoms with E-state index < -0.39 is 0 Å². The summed E-state index contributed by atoms with van der Waals surface area (Å²) in [6, 6.07) is 20.3. The second kappa shape index (κ2) is 10.6. The van der Waals surface area contributed by atoms with Crippen LogP contribution in [0.25, 0.3) is 0 Å². The van der Waals surface area contributed by atoms with Gasteiger partial charge in [-0.2, -0.15) is 0 Å². The lowest BCUT2D eigenvalue weighted by molar-refractivity contribution is -0.138. The topological polar surface area (TPSA) is 43.9 Å². The van der Waals surface area contributed by atoms with Crippen LogP contribution in [0.1, 0.15) is 25.3 Å². The third-order valence-corrected chi connectivity index (χ3v) is 5.51.